The van der Waals surface area contributed by atoms with Crippen LogP contribution in [0.15, 0.2) is 16.1 Å². The van der Waals surface area contributed by atoms with Crippen molar-refractivity contribution in [3.63, 3.8) is 0 Å². The van der Waals surface area contributed by atoms with Gasteiger partial charge in [0, 0.05) is 17.7 Å². The summed E-state index contributed by atoms with van der Waals surface area (Å²) >= 11 is 9.24. The van der Waals surface area contributed by atoms with Crippen LogP contribution < -0.4 is 5.56 Å². The molecule has 0 aromatic carbocycles. The average Bonchev–Trinajstić information content (AvgIpc) is 3.04. The van der Waals surface area contributed by atoms with Gasteiger partial charge in [0.15, 0.2) is 10.8 Å². The summed E-state index contributed by atoms with van der Waals surface area (Å²) in [5.74, 6) is 0. The van der Waals surface area contributed by atoms with Crippen LogP contribution >= 0.6 is 34.7 Å². The van der Waals surface area contributed by atoms with Crippen molar-refractivity contribution in [2.75, 3.05) is 6.26 Å². The first kappa shape index (κ1) is 18.4. The van der Waals surface area contributed by atoms with E-state index in [1.54, 1.807) is 15.6 Å². The summed E-state index contributed by atoms with van der Waals surface area (Å²) in [5, 5.41) is 1.73. The van der Waals surface area contributed by atoms with Gasteiger partial charge < -0.3 is 0 Å². The predicted molar refractivity (Wildman–Crippen MR) is 105 cm³/mol. The highest BCUT2D eigenvalue weighted by Gasteiger charge is 2.26. The molecule has 3 rings (SSSR count). The Bertz CT molecular complexity index is 997. The largest absolute Gasteiger partial charge is 0.278 e. The van der Waals surface area contributed by atoms with E-state index in [1.165, 1.54) is 23.1 Å². The van der Waals surface area contributed by atoms with Crippen LogP contribution in [0.1, 0.15) is 46.4 Å². The second kappa shape index (κ2) is 6.41. The lowest BCUT2D eigenvalue weighted by Gasteiger charge is -2.16. The van der Waals surface area contributed by atoms with Gasteiger partial charge in [-0.1, -0.05) is 55.5 Å². The lowest BCUT2D eigenvalue weighted by Crippen LogP contribution is -2.24. The van der Waals surface area contributed by atoms with Crippen molar-refractivity contribution < 1.29 is 0 Å². The van der Waals surface area contributed by atoms with Crippen molar-refractivity contribution in [2.45, 2.75) is 51.2 Å². The quantitative estimate of drug-likeness (QED) is 0.487. The normalized spacial score (nSPS) is 12.5. The number of aromatic nitrogens is 5. The van der Waals surface area contributed by atoms with Crippen molar-refractivity contribution >= 4 is 45.7 Å². The number of nitrogens with zero attached hydrogens (tertiary/aromatic N) is 5. The predicted octanol–water partition coefficient (Wildman–Crippen LogP) is 4.29. The van der Waals surface area contributed by atoms with E-state index in [1.807, 2.05) is 20.1 Å². The third-order valence-corrected chi connectivity index (χ3v) is 5.53. The molecule has 3 aromatic rings. The van der Waals surface area contributed by atoms with Gasteiger partial charge in [0.25, 0.3) is 5.56 Å². The van der Waals surface area contributed by atoms with Gasteiger partial charge in [0.2, 0.25) is 5.13 Å². The van der Waals surface area contributed by atoms with E-state index in [9.17, 15) is 4.79 Å². The van der Waals surface area contributed by atoms with Crippen LogP contribution in [-0.2, 0) is 5.41 Å². The van der Waals surface area contributed by atoms with E-state index in [0.29, 0.717) is 25.7 Å². The van der Waals surface area contributed by atoms with Crippen LogP contribution in [-0.4, -0.2) is 30.6 Å². The van der Waals surface area contributed by atoms with Crippen molar-refractivity contribution in [2.24, 2.45) is 0 Å². The molecular weight excluding hydrogens is 378 g/mol. The van der Waals surface area contributed by atoms with Crippen LogP contribution in [0.2, 0.25) is 4.34 Å². The Labute approximate surface area is 159 Å². The molecule has 0 N–H and O–H groups in total. The molecule has 0 spiro atoms. The Hall–Kier alpha value is -1.38. The van der Waals surface area contributed by atoms with E-state index in [0.717, 1.165) is 5.69 Å². The molecule has 0 saturated carbocycles. The van der Waals surface area contributed by atoms with E-state index in [4.69, 9.17) is 16.6 Å². The van der Waals surface area contributed by atoms with Gasteiger partial charge in [-0.25, -0.2) is 24.3 Å². The zero-order chi connectivity index (χ0) is 18.5. The van der Waals surface area contributed by atoms with Crippen LogP contribution in [0, 0.1) is 0 Å². The summed E-state index contributed by atoms with van der Waals surface area (Å²) in [6.07, 6.45) is 3.49. The lowest BCUT2D eigenvalue weighted by molar-refractivity contribution is 0.473. The smallest absolute Gasteiger partial charge is 0.267 e. The number of hydrogen-bond acceptors (Lipinski definition) is 6. The molecule has 9 heteroatoms. The maximum Gasteiger partial charge on any atom is 0.278 e. The minimum absolute atomic E-state index is 0.0554. The number of rotatable bonds is 3. The van der Waals surface area contributed by atoms with Gasteiger partial charge in [0.05, 0.1) is 5.69 Å². The highest BCUT2D eigenvalue weighted by atomic mass is 35.5. The molecule has 0 radical (unpaired) electrons. The van der Waals surface area contributed by atoms with Crippen LogP contribution in [0.25, 0.3) is 16.2 Å². The fourth-order valence-electron chi connectivity index (χ4n) is 2.58. The molecule has 134 valence electrons. The third kappa shape index (κ3) is 3.11. The van der Waals surface area contributed by atoms with Crippen LogP contribution in [0.3, 0.4) is 0 Å². The number of thiazole rings is 1. The molecule has 3 aromatic heterocycles. The van der Waals surface area contributed by atoms with Crippen molar-refractivity contribution in [3.8, 4) is 5.13 Å². The van der Waals surface area contributed by atoms with Gasteiger partial charge in [-0.05, 0) is 20.1 Å². The molecule has 0 bridgehead atoms. The molecule has 6 nitrogen and oxygen atoms in total. The minimum atomic E-state index is -0.183. The Morgan fingerprint density at radius 3 is 2.48 bits per heavy atom. The zero-order valence-corrected chi connectivity index (χ0v) is 17.4. The summed E-state index contributed by atoms with van der Waals surface area (Å²) in [6, 6.07) is -0.0554. The number of fused-ring (bicyclic) bond motifs is 1. The Kier molecular flexibility index (Phi) is 4.72. The molecule has 3 heterocycles. The third-order valence-electron chi connectivity index (χ3n) is 3.74. The van der Waals surface area contributed by atoms with Gasteiger partial charge in [-0.15, -0.1) is 0 Å². The SMILES string of the molecule is CSc1ncc2c(=O)n(C(C)C)n(-c3nc(C(C)(C)C)c(Cl)s3)c2n1. The van der Waals surface area contributed by atoms with Crippen molar-refractivity contribution in [1.29, 1.82) is 0 Å². The maximum atomic E-state index is 12.9. The summed E-state index contributed by atoms with van der Waals surface area (Å²) in [7, 11) is 0. The molecular formula is C16H20ClN5OS2. The molecule has 0 saturated heterocycles. The fourth-order valence-corrected chi connectivity index (χ4v) is 4.45. The maximum absolute atomic E-state index is 12.9. The van der Waals surface area contributed by atoms with E-state index >= 15 is 0 Å². The molecule has 0 aliphatic carbocycles. The molecule has 0 unspecified atom stereocenters. The van der Waals surface area contributed by atoms with Gasteiger partial charge in [0.1, 0.15) is 9.72 Å². The second-order valence-electron chi connectivity index (χ2n) is 7.02. The second-order valence-corrected chi connectivity index (χ2v) is 9.37. The Balaban J connectivity index is 2.38. The van der Waals surface area contributed by atoms with E-state index in [2.05, 4.69) is 30.7 Å². The molecule has 0 amide bonds. The number of hydrogen-bond donors (Lipinski definition) is 0. The van der Waals surface area contributed by atoms with Gasteiger partial charge in [-0.2, -0.15) is 0 Å². The number of halogens is 1. The lowest BCUT2D eigenvalue weighted by atomic mass is 9.93. The van der Waals surface area contributed by atoms with Crippen molar-refractivity contribution in [1.82, 2.24) is 24.3 Å². The Morgan fingerprint density at radius 1 is 1.28 bits per heavy atom. The molecule has 0 atom stereocenters. The van der Waals surface area contributed by atoms with Crippen LogP contribution in [0.4, 0.5) is 0 Å². The van der Waals surface area contributed by atoms with Crippen molar-refractivity contribution in [3.05, 3.63) is 26.6 Å². The Morgan fingerprint density at radius 2 is 1.96 bits per heavy atom. The topological polar surface area (TPSA) is 65.6 Å². The average molecular weight is 398 g/mol. The highest BCUT2D eigenvalue weighted by Crippen LogP contribution is 2.35. The van der Waals surface area contributed by atoms with E-state index < -0.39 is 0 Å². The van der Waals surface area contributed by atoms with Crippen LogP contribution in [0.5, 0.6) is 0 Å². The molecule has 25 heavy (non-hydrogen) atoms. The first-order valence-electron chi connectivity index (χ1n) is 7.86. The standard InChI is InChI=1S/C16H20ClN5OS2/c1-8(2)21-13(23)9-7-18-14(24-6)20-12(9)22(21)15-19-10(11(17)25-15)16(3,4)5/h7-8H,1-6H3. The van der Waals surface area contributed by atoms with E-state index in [-0.39, 0.29) is 17.0 Å². The first-order valence-corrected chi connectivity index (χ1v) is 10.3. The molecule has 0 aliphatic rings. The monoisotopic (exact) mass is 397 g/mol. The summed E-state index contributed by atoms with van der Waals surface area (Å²) in [5.41, 5.74) is 1.07. The molecule has 0 fully saturated rings. The minimum Gasteiger partial charge on any atom is -0.267 e. The van der Waals surface area contributed by atoms with Gasteiger partial charge in [-0.3, -0.25) is 4.79 Å². The highest BCUT2D eigenvalue weighted by molar-refractivity contribution is 7.98. The van der Waals surface area contributed by atoms with Gasteiger partial charge >= 0.3 is 0 Å². The molecule has 0 aliphatic heterocycles. The summed E-state index contributed by atoms with van der Waals surface area (Å²) in [6.45, 7) is 10.1. The first-order chi connectivity index (χ1) is 11.6. The zero-order valence-electron chi connectivity index (χ0n) is 15.0. The fraction of sp³-hybridized carbons (Fsp3) is 0.500. The summed E-state index contributed by atoms with van der Waals surface area (Å²) < 4.78 is 4.06. The number of thioether (sulfide) groups is 1. The summed E-state index contributed by atoms with van der Waals surface area (Å²) in [4.78, 5) is 26.4.